The molecule has 0 saturated carbocycles. The molecule has 3 rings (SSSR count). The number of rotatable bonds is 4. The molecular weight excluding hydrogens is 272 g/mol. The van der Waals surface area contributed by atoms with Crippen molar-refractivity contribution in [1.29, 1.82) is 0 Å². The number of nitrogens with zero attached hydrogens (tertiary/aromatic N) is 1. The average Bonchev–Trinajstić information content (AvgIpc) is 2.89. The van der Waals surface area contributed by atoms with E-state index >= 15 is 0 Å². The third kappa shape index (κ3) is 2.67. The molecule has 1 N–H and O–H groups in total. The molecule has 0 radical (unpaired) electrons. The highest BCUT2D eigenvalue weighted by Gasteiger charge is 2.41. The van der Waals surface area contributed by atoms with Gasteiger partial charge in [-0.15, -0.1) is 0 Å². The summed E-state index contributed by atoms with van der Waals surface area (Å²) in [5.41, 5.74) is 0.817. The predicted octanol–water partition coefficient (Wildman–Crippen LogP) is 3.10. The van der Waals surface area contributed by atoms with Gasteiger partial charge in [0.1, 0.15) is 0 Å². The van der Waals surface area contributed by atoms with Gasteiger partial charge >= 0.3 is 0 Å². The largest absolute Gasteiger partial charge is 0.340 e. The van der Waals surface area contributed by atoms with Crippen LogP contribution < -0.4 is 5.32 Å². The lowest BCUT2D eigenvalue weighted by molar-refractivity contribution is -0.138. The van der Waals surface area contributed by atoms with Gasteiger partial charge < -0.3 is 10.2 Å². The van der Waals surface area contributed by atoms with Crippen LogP contribution >= 0.6 is 0 Å². The molecule has 2 heterocycles. The van der Waals surface area contributed by atoms with E-state index in [1.165, 1.54) is 18.4 Å². The van der Waals surface area contributed by atoms with Crippen molar-refractivity contribution in [1.82, 2.24) is 10.2 Å². The molecule has 2 bridgehead atoms. The minimum absolute atomic E-state index is 0.332. The summed E-state index contributed by atoms with van der Waals surface area (Å²) in [7, 11) is 0. The molecule has 2 fully saturated rings. The Morgan fingerprint density at radius 2 is 1.82 bits per heavy atom. The average molecular weight is 300 g/mol. The van der Waals surface area contributed by atoms with Crippen molar-refractivity contribution in [2.45, 2.75) is 63.5 Å². The van der Waals surface area contributed by atoms with Crippen LogP contribution in [0.15, 0.2) is 30.3 Å². The van der Waals surface area contributed by atoms with Gasteiger partial charge in [-0.2, -0.15) is 0 Å². The maximum Gasteiger partial charge on any atom is 0.233 e. The van der Waals surface area contributed by atoms with Crippen LogP contribution in [0.2, 0.25) is 0 Å². The van der Waals surface area contributed by atoms with Gasteiger partial charge in [0.05, 0.1) is 5.41 Å². The van der Waals surface area contributed by atoms with Crippen molar-refractivity contribution < 1.29 is 4.79 Å². The summed E-state index contributed by atoms with van der Waals surface area (Å²) in [5.74, 6) is 0.332. The van der Waals surface area contributed by atoms with E-state index in [0.29, 0.717) is 18.0 Å². The van der Waals surface area contributed by atoms with Crippen LogP contribution in [0.4, 0.5) is 0 Å². The second-order valence-electron chi connectivity index (χ2n) is 6.83. The van der Waals surface area contributed by atoms with Crippen molar-refractivity contribution in [3.63, 3.8) is 0 Å². The maximum atomic E-state index is 13.4. The van der Waals surface area contributed by atoms with E-state index in [1.54, 1.807) is 0 Å². The number of benzene rings is 1. The molecule has 2 unspecified atom stereocenters. The molecule has 0 spiro atoms. The van der Waals surface area contributed by atoms with Gasteiger partial charge in [0.25, 0.3) is 0 Å². The molecule has 3 nitrogen and oxygen atoms in total. The Balaban J connectivity index is 1.86. The topological polar surface area (TPSA) is 32.3 Å². The zero-order chi connectivity index (χ0) is 15.6. The second kappa shape index (κ2) is 6.41. The van der Waals surface area contributed by atoms with Gasteiger partial charge in [-0.25, -0.2) is 0 Å². The zero-order valence-corrected chi connectivity index (χ0v) is 13.8. The second-order valence-corrected chi connectivity index (χ2v) is 6.83. The van der Waals surface area contributed by atoms with Gasteiger partial charge in [0.15, 0.2) is 0 Å². The molecule has 1 aromatic rings. The van der Waals surface area contributed by atoms with Crippen molar-refractivity contribution >= 4 is 5.91 Å². The van der Waals surface area contributed by atoms with Crippen LogP contribution in [0, 0.1) is 0 Å². The molecule has 120 valence electrons. The molecule has 22 heavy (non-hydrogen) atoms. The summed E-state index contributed by atoms with van der Waals surface area (Å²) in [5, 5.41) is 3.67. The van der Waals surface area contributed by atoms with E-state index in [9.17, 15) is 4.79 Å². The number of hydrogen-bond donors (Lipinski definition) is 1. The number of nitrogens with one attached hydrogen (secondary N) is 1. The Hall–Kier alpha value is -1.35. The summed E-state index contributed by atoms with van der Waals surface area (Å²) >= 11 is 0. The Morgan fingerprint density at radius 3 is 2.50 bits per heavy atom. The molecule has 2 atom stereocenters. The Kier molecular flexibility index (Phi) is 4.53. The lowest BCUT2D eigenvalue weighted by Gasteiger charge is -2.37. The first-order valence-electron chi connectivity index (χ1n) is 8.80. The highest BCUT2D eigenvalue weighted by molar-refractivity contribution is 5.88. The minimum Gasteiger partial charge on any atom is -0.340 e. The van der Waals surface area contributed by atoms with Crippen LogP contribution in [0.1, 0.15) is 51.5 Å². The minimum atomic E-state index is -0.356. The molecule has 0 aliphatic carbocycles. The van der Waals surface area contributed by atoms with E-state index in [1.807, 2.05) is 6.07 Å². The molecule has 1 amide bonds. The lowest BCUT2D eigenvalue weighted by Crippen LogP contribution is -2.49. The van der Waals surface area contributed by atoms with Crippen molar-refractivity contribution in [2.24, 2.45) is 0 Å². The van der Waals surface area contributed by atoms with Gasteiger partial charge in [-0.05, 0) is 37.7 Å². The fourth-order valence-electron chi connectivity index (χ4n) is 4.27. The number of likely N-dealkylation sites (tertiary alicyclic amines) is 1. The first-order chi connectivity index (χ1) is 10.7. The Bertz CT molecular complexity index is 509. The zero-order valence-electron chi connectivity index (χ0n) is 13.8. The summed E-state index contributed by atoms with van der Waals surface area (Å²) in [6.07, 6.45) is 5.32. The first kappa shape index (κ1) is 15.5. The van der Waals surface area contributed by atoms with Crippen LogP contribution in [-0.2, 0) is 10.2 Å². The quantitative estimate of drug-likeness (QED) is 0.926. The fraction of sp³-hybridized carbons (Fsp3) is 0.632. The highest BCUT2D eigenvalue weighted by atomic mass is 16.2. The SMILES string of the molecule is CCC(CC)(C(=O)N1CCC2CCC(C1)N2)c1ccccc1. The summed E-state index contributed by atoms with van der Waals surface area (Å²) in [6.45, 7) is 6.08. The number of hydrogen-bond acceptors (Lipinski definition) is 2. The number of fused-ring (bicyclic) bond motifs is 2. The Morgan fingerprint density at radius 1 is 1.14 bits per heavy atom. The summed E-state index contributed by atoms with van der Waals surface area (Å²) < 4.78 is 0. The Labute approximate surface area is 134 Å². The van der Waals surface area contributed by atoms with Crippen LogP contribution in [0.25, 0.3) is 0 Å². The smallest absolute Gasteiger partial charge is 0.233 e. The molecule has 1 aromatic carbocycles. The van der Waals surface area contributed by atoms with Gasteiger partial charge in [0, 0.05) is 25.2 Å². The normalized spacial score (nSPS) is 25.1. The summed E-state index contributed by atoms with van der Waals surface area (Å²) in [6, 6.07) is 11.5. The molecule has 3 heteroatoms. The molecule has 2 aliphatic heterocycles. The standard InChI is InChI=1S/C19H28N2O/c1-3-19(4-2,15-8-6-5-7-9-15)18(22)21-13-12-16-10-11-17(14-21)20-16/h5-9,16-17,20H,3-4,10-14H2,1-2H3. The number of carbonyl (C=O) groups excluding carboxylic acids is 1. The van der Waals surface area contributed by atoms with E-state index in [0.717, 1.165) is 32.4 Å². The van der Waals surface area contributed by atoms with Gasteiger partial charge in [0.2, 0.25) is 5.91 Å². The van der Waals surface area contributed by atoms with Crippen molar-refractivity contribution in [3.05, 3.63) is 35.9 Å². The van der Waals surface area contributed by atoms with E-state index in [2.05, 4.69) is 48.3 Å². The first-order valence-corrected chi connectivity index (χ1v) is 8.80. The van der Waals surface area contributed by atoms with E-state index in [-0.39, 0.29) is 5.41 Å². The molecule has 2 aliphatic rings. The molecule has 2 saturated heterocycles. The third-order valence-corrected chi connectivity index (χ3v) is 5.75. The van der Waals surface area contributed by atoms with Crippen molar-refractivity contribution in [3.8, 4) is 0 Å². The third-order valence-electron chi connectivity index (χ3n) is 5.75. The van der Waals surface area contributed by atoms with Crippen LogP contribution in [-0.4, -0.2) is 36.0 Å². The molecular formula is C19H28N2O. The molecule has 0 aromatic heterocycles. The predicted molar refractivity (Wildman–Crippen MR) is 89.8 cm³/mol. The maximum absolute atomic E-state index is 13.4. The highest BCUT2D eigenvalue weighted by Crippen LogP contribution is 2.35. The van der Waals surface area contributed by atoms with Crippen LogP contribution in [0.5, 0.6) is 0 Å². The monoisotopic (exact) mass is 300 g/mol. The van der Waals surface area contributed by atoms with Crippen LogP contribution in [0.3, 0.4) is 0 Å². The van der Waals surface area contributed by atoms with Crippen molar-refractivity contribution in [2.75, 3.05) is 13.1 Å². The van der Waals surface area contributed by atoms with E-state index < -0.39 is 0 Å². The number of carbonyl (C=O) groups is 1. The summed E-state index contributed by atoms with van der Waals surface area (Å²) in [4.78, 5) is 15.5. The van der Waals surface area contributed by atoms with E-state index in [4.69, 9.17) is 0 Å². The fourth-order valence-corrected chi connectivity index (χ4v) is 4.27. The number of amides is 1. The lowest BCUT2D eigenvalue weighted by atomic mass is 9.74. The van der Waals surface area contributed by atoms with Gasteiger partial charge in [-0.1, -0.05) is 44.2 Å². The van der Waals surface area contributed by atoms with Gasteiger partial charge in [-0.3, -0.25) is 4.79 Å².